The molecule has 6 amide bonds. The van der Waals surface area contributed by atoms with Crippen molar-refractivity contribution in [3.63, 3.8) is 0 Å². The first-order chi connectivity index (χ1) is 50.5. The molecule has 8 aromatic heterocycles. The standard InChI is InChI=1S/C19H16ClN5O.C19H19N7O2.C18H16ClN5O2.C17H13ClFN5O/c1-12-22-16(15-8-4-5-11-21-15)24-18(23-12)25-17(26)19(9-10-19)13-6-2-3-7-14(13)20;1-11-10-14(23-13(3)27)7-8-15(11)24-19(28)26-18-22-12(2)21-17(25-18)16-6-4-5-9-20-16;1-11-21-17(15-5-3-4-8-20-15)24-18(22-11)23-16(25)9-12-6-7-13(26-2)10-14(12)19;1-10-21-16(14-4-2-3-7-20-14)24-17(22-10)23-15(25)8-11-5-6-12(19)9-13(11)18/h2-8,11H,9-10H2,1H3,(H,22,23,24,25,26);4-10H,1-3H3,(H,23,27)(H2,21,22,24,25,26,28);3-8,10H,9H2,1-2H3,(H,21,22,23,24,25);2-7,9H,8H2,1H3,(H,21,22,23,24,25). The molecule has 12 aromatic rings. The van der Waals surface area contributed by atoms with Crippen molar-refractivity contribution in [1.82, 2.24) is 79.7 Å². The van der Waals surface area contributed by atoms with Crippen LogP contribution in [0.15, 0.2) is 176 Å². The zero-order valence-corrected chi connectivity index (χ0v) is 59.5. The van der Waals surface area contributed by atoms with Gasteiger partial charge < -0.3 is 15.4 Å². The Hall–Kier alpha value is -12.7. The van der Waals surface area contributed by atoms with Crippen molar-refractivity contribution in [3.05, 3.63) is 243 Å². The number of carbonyl (C=O) groups is 5. The predicted octanol–water partition coefficient (Wildman–Crippen LogP) is 13.0. The highest BCUT2D eigenvalue weighted by atomic mass is 35.5. The monoisotopic (exact) mass is 1470 g/mol. The summed E-state index contributed by atoms with van der Waals surface area (Å²) >= 11 is 18.4. The fourth-order valence-electron chi connectivity index (χ4n) is 9.89. The van der Waals surface area contributed by atoms with E-state index < -0.39 is 17.3 Å². The van der Waals surface area contributed by atoms with Gasteiger partial charge in [0.05, 0.1) is 25.4 Å². The number of halogens is 4. The molecule has 530 valence electrons. The maximum Gasteiger partial charge on any atom is 0.326 e. The summed E-state index contributed by atoms with van der Waals surface area (Å²) in [6, 6.07) is 42.9. The minimum absolute atomic E-state index is 0.0250. The number of methoxy groups -OCH3 is 1. The zero-order chi connectivity index (χ0) is 74.6. The summed E-state index contributed by atoms with van der Waals surface area (Å²) in [6.07, 6.45) is 8.15. The van der Waals surface area contributed by atoms with E-state index in [1.807, 2.05) is 61.5 Å². The highest BCUT2D eigenvalue weighted by Crippen LogP contribution is 2.51. The molecule has 0 saturated heterocycles. The van der Waals surface area contributed by atoms with E-state index in [1.165, 1.54) is 19.1 Å². The number of nitrogens with zero attached hydrogens (tertiary/aromatic N) is 16. The number of urea groups is 1. The van der Waals surface area contributed by atoms with E-state index in [4.69, 9.17) is 39.5 Å². The number of pyridine rings is 4. The van der Waals surface area contributed by atoms with Gasteiger partial charge in [-0.25, -0.2) is 29.1 Å². The second kappa shape index (κ2) is 35.2. The Morgan fingerprint density at radius 3 is 1.25 bits per heavy atom. The average molecular weight is 1470 g/mol. The van der Waals surface area contributed by atoms with Gasteiger partial charge in [-0.3, -0.25) is 60.4 Å². The Balaban J connectivity index is 0.000000150. The van der Waals surface area contributed by atoms with Gasteiger partial charge in [0.2, 0.25) is 47.4 Å². The summed E-state index contributed by atoms with van der Waals surface area (Å²) in [7, 11) is 1.56. The number of carbonyl (C=O) groups excluding carboxylic acids is 5. The van der Waals surface area contributed by atoms with Gasteiger partial charge in [0.25, 0.3) is 0 Å². The highest BCUT2D eigenvalue weighted by molar-refractivity contribution is 6.32. The third-order valence-corrected chi connectivity index (χ3v) is 15.9. The van der Waals surface area contributed by atoms with Crippen LogP contribution in [0.3, 0.4) is 0 Å². The predicted molar refractivity (Wildman–Crippen MR) is 394 cm³/mol. The van der Waals surface area contributed by atoms with Gasteiger partial charge in [-0.1, -0.05) is 89.4 Å². The molecular formula is C73H64Cl3FN22O6. The molecule has 1 saturated carbocycles. The number of amides is 6. The minimum atomic E-state index is -0.607. The van der Waals surface area contributed by atoms with Gasteiger partial charge in [0.1, 0.15) is 57.6 Å². The molecule has 1 fully saturated rings. The highest BCUT2D eigenvalue weighted by Gasteiger charge is 2.52. The van der Waals surface area contributed by atoms with Crippen LogP contribution in [0.4, 0.5) is 44.4 Å². The topological polar surface area (TPSA) is 373 Å². The van der Waals surface area contributed by atoms with Crippen LogP contribution in [0.2, 0.25) is 15.1 Å². The molecule has 32 heteroatoms. The first kappa shape index (κ1) is 74.9. The molecule has 6 N–H and O–H groups in total. The molecular weight excluding hydrogens is 1410 g/mol. The fraction of sp³-hybridized carbons (Fsp3) is 0.164. The number of aryl methyl sites for hydroxylation is 5. The van der Waals surface area contributed by atoms with E-state index in [1.54, 1.807) is 138 Å². The molecule has 4 aromatic carbocycles. The van der Waals surface area contributed by atoms with Crippen molar-refractivity contribution >= 4 is 99.6 Å². The van der Waals surface area contributed by atoms with Gasteiger partial charge in [-0.2, -0.15) is 39.9 Å². The summed E-state index contributed by atoms with van der Waals surface area (Å²) in [5, 5.41) is 17.4. The van der Waals surface area contributed by atoms with E-state index in [0.717, 1.165) is 30.0 Å². The van der Waals surface area contributed by atoms with Crippen LogP contribution in [0, 0.1) is 40.4 Å². The molecule has 0 unspecified atom stereocenters. The summed E-state index contributed by atoms with van der Waals surface area (Å²) in [5.41, 5.74) is 5.86. The van der Waals surface area contributed by atoms with Crippen LogP contribution >= 0.6 is 34.8 Å². The Kier molecular flexibility index (Phi) is 25.2. The SMILES string of the molecule is CC(=O)Nc1ccc(NC(=O)Nc2nc(C)nc(-c3ccccn3)n2)c(C)c1.COc1ccc(CC(=O)Nc2nc(C)nc(-c3ccccn3)n2)c(Cl)c1.Cc1nc(NC(=O)C2(c3ccccc3Cl)CC2)nc(-c2ccccn2)n1.Cc1nc(NC(=O)Cc2ccc(F)cc2Cl)nc(-c2ccccn2)n1. The molecule has 1 aliphatic rings. The summed E-state index contributed by atoms with van der Waals surface area (Å²) in [4.78, 5) is 129. The second-order valence-electron chi connectivity index (χ2n) is 22.9. The number of hydrogen-bond donors (Lipinski definition) is 6. The third-order valence-electron chi connectivity index (χ3n) is 14.9. The van der Waals surface area contributed by atoms with E-state index in [-0.39, 0.29) is 65.3 Å². The van der Waals surface area contributed by atoms with E-state index in [2.05, 4.69) is 112 Å². The van der Waals surface area contributed by atoms with Crippen LogP contribution < -0.4 is 36.6 Å². The summed E-state index contributed by atoms with van der Waals surface area (Å²) < 4.78 is 18.2. The first-order valence-electron chi connectivity index (χ1n) is 32.0. The molecule has 0 radical (unpaired) electrons. The largest absolute Gasteiger partial charge is 0.497 e. The molecule has 105 heavy (non-hydrogen) atoms. The lowest BCUT2D eigenvalue weighted by Crippen LogP contribution is -2.29. The van der Waals surface area contributed by atoms with Crippen LogP contribution in [-0.2, 0) is 37.4 Å². The van der Waals surface area contributed by atoms with Gasteiger partial charge in [0.15, 0.2) is 23.3 Å². The van der Waals surface area contributed by atoms with Crippen molar-refractivity contribution in [2.24, 2.45) is 0 Å². The fourth-order valence-corrected chi connectivity index (χ4v) is 10.7. The van der Waals surface area contributed by atoms with E-state index in [9.17, 15) is 28.4 Å². The Morgan fingerprint density at radius 2 is 0.857 bits per heavy atom. The molecule has 13 rings (SSSR count). The summed E-state index contributed by atoms with van der Waals surface area (Å²) in [5.74, 6) is 3.33. The first-order valence-corrected chi connectivity index (χ1v) is 33.1. The molecule has 0 spiro atoms. The minimum Gasteiger partial charge on any atom is -0.497 e. The lowest BCUT2D eigenvalue weighted by molar-refractivity contribution is -0.119. The molecule has 0 atom stereocenters. The molecule has 28 nitrogen and oxygen atoms in total. The normalized spacial score (nSPS) is 11.5. The van der Waals surface area contributed by atoms with Gasteiger partial charge in [-0.15, -0.1) is 0 Å². The van der Waals surface area contributed by atoms with Crippen LogP contribution in [0.1, 0.15) is 65.3 Å². The number of benzene rings is 4. The maximum absolute atomic E-state index is 13.1. The number of aromatic nitrogens is 16. The van der Waals surface area contributed by atoms with Gasteiger partial charge in [0, 0.05) is 58.2 Å². The van der Waals surface area contributed by atoms with Crippen molar-refractivity contribution in [3.8, 4) is 51.8 Å². The third kappa shape index (κ3) is 21.4. The zero-order valence-electron chi connectivity index (χ0n) is 57.2. The number of hydrogen-bond acceptors (Lipinski definition) is 22. The Bertz CT molecular complexity index is 5120. The lowest BCUT2D eigenvalue weighted by atomic mass is 9.95. The molecule has 0 aliphatic heterocycles. The van der Waals surface area contributed by atoms with Crippen molar-refractivity contribution in [2.45, 2.75) is 72.6 Å². The molecule has 0 bridgehead atoms. The van der Waals surface area contributed by atoms with E-state index in [0.29, 0.717) is 108 Å². The van der Waals surface area contributed by atoms with Gasteiger partial charge >= 0.3 is 6.03 Å². The molecule has 1 aliphatic carbocycles. The maximum atomic E-state index is 13.1. The lowest BCUT2D eigenvalue weighted by Gasteiger charge is -2.16. The number of nitrogens with one attached hydrogen (secondary N) is 6. The smallest absolute Gasteiger partial charge is 0.326 e. The van der Waals surface area contributed by atoms with Crippen LogP contribution in [-0.4, -0.2) is 117 Å². The number of ether oxygens (including phenoxy) is 1. The van der Waals surface area contributed by atoms with Crippen molar-refractivity contribution < 1.29 is 33.1 Å². The Labute approximate surface area is 615 Å². The summed E-state index contributed by atoms with van der Waals surface area (Å²) in [6.45, 7) is 10.1. The van der Waals surface area contributed by atoms with E-state index >= 15 is 0 Å². The average Bonchev–Trinajstić information content (AvgIpc) is 1.59. The molecule has 8 heterocycles. The van der Waals surface area contributed by atoms with Crippen molar-refractivity contribution in [1.29, 1.82) is 0 Å². The number of anilines is 6. The van der Waals surface area contributed by atoms with Crippen molar-refractivity contribution in [2.75, 3.05) is 39.0 Å². The van der Waals surface area contributed by atoms with Crippen LogP contribution in [0.5, 0.6) is 5.75 Å². The quantitative estimate of drug-likeness (QED) is 0.0493. The van der Waals surface area contributed by atoms with Crippen LogP contribution in [0.25, 0.3) is 46.1 Å². The van der Waals surface area contributed by atoms with Gasteiger partial charge in [-0.05, 0) is 167 Å². The number of rotatable bonds is 17. The second-order valence-corrected chi connectivity index (χ2v) is 24.1. The Morgan fingerprint density at radius 1 is 0.438 bits per heavy atom.